The minimum absolute atomic E-state index is 0. The van der Waals surface area contributed by atoms with Crippen LogP contribution in [-0.2, 0) is 0 Å². The Bertz CT molecular complexity index is 998. The first kappa shape index (κ1) is 22.3. The average molecular weight is 424 g/mol. The molecule has 0 unspecified atom stereocenters. The van der Waals surface area contributed by atoms with Crippen molar-refractivity contribution in [2.75, 3.05) is 0 Å². The monoisotopic (exact) mass is 422 g/mol. The van der Waals surface area contributed by atoms with Crippen molar-refractivity contribution in [2.24, 2.45) is 0 Å². The van der Waals surface area contributed by atoms with Gasteiger partial charge in [-0.3, -0.25) is 0 Å². The molecule has 26 heavy (non-hydrogen) atoms. The Morgan fingerprint density at radius 3 is 0.692 bits per heavy atom. The van der Waals surface area contributed by atoms with Gasteiger partial charge < -0.3 is 0 Å². The van der Waals surface area contributed by atoms with E-state index in [2.05, 4.69) is 84.9 Å². The van der Waals surface area contributed by atoms with E-state index in [1.807, 2.05) is 0 Å². The van der Waals surface area contributed by atoms with E-state index in [9.17, 15) is 0 Å². The number of rotatable bonds is 0. The van der Waals surface area contributed by atoms with E-state index < -0.39 is 0 Å². The fraction of sp³-hybridized carbons (Fsp3) is 0. The molecule has 4 heteroatoms. The van der Waals surface area contributed by atoms with Gasteiger partial charge in [0.1, 0.15) is 0 Å². The molecular weight excluding hydrogens is 406 g/mol. The molecule has 0 saturated heterocycles. The Balaban J connectivity index is 0.000000845. The van der Waals surface area contributed by atoms with Crippen LogP contribution in [0.3, 0.4) is 0 Å². The van der Waals surface area contributed by atoms with E-state index in [1.54, 1.807) is 0 Å². The molecule has 0 aliphatic carbocycles. The maximum atomic E-state index is 2.31. The van der Waals surface area contributed by atoms with Crippen LogP contribution < -0.4 is 0 Å². The SMILES string of the molecule is Cl.Cl.Cl.Cl.c1ccc2cc3cc4cc5ccccc5cc4cc3cc2c1. The Labute approximate surface area is 177 Å². The van der Waals surface area contributed by atoms with Gasteiger partial charge in [-0.05, 0) is 79.5 Å². The average Bonchev–Trinajstić information content (AvgIpc) is 2.56. The Hall–Kier alpha value is -1.70. The third-order valence-corrected chi connectivity index (χ3v) is 4.52. The number of fused-ring (bicyclic) bond motifs is 4. The van der Waals surface area contributed by atoms with Gasteiger partial charge >= 0.3 is 0 Å². The molecule has 0 amide bonds. The first-order valence-electron chi connectivity index (χ1n) is 7.62. The van der Waals surface area contributed by atoms with Crippen LogP contribution in [0, 0.1) is 0 Å². The summed E-state index contributed by atoms with van der Waals surface area (Å²) in [5.74, 6) is 0. The van der Waals surface area contributed by atoms with E-state index in [4.69, 9.17) is 0 Å². The van der Waals surface area contributed by atoms with Crippen molar-refractivity contribution in [1.29, 1.82) is 0 Å². The van der Waals surface area contributed by atoms with Crippen LogP contribution in [0.4, 0.5) is 0 Å². The maximum Gasteiger partial charge on any atom is -0.0171 e. The largest absolute Gasteiger partial charge is 0.147 e. The van der Waals surface area contributed by atoms with Gasteiger partial charge in [-0.15, -0.1) is 49.6 Å². The van der Waals surface area contributed by atoms with E-state index in [-0.39, 0.29) is 49.6 Å². The predicted molar refractivity (Wildman–Crippen MR) is 125 cm³/mol. The highest BCUT2D eigenvalue weighted by Gasteiger charge is 2.02. The van der Waals surface area contributed by atoms with Crippen molar-refractivity contribution >= 4 is 92.7 Å². The minimum atomic E-state index is 0. The van der Waals surface area contributed by atoms with Crippen LogP contribution in [0.15, 0.2) is 84.9 Å². The maximum absolute atomic E-state index is 2.31. The van der Waals surface area contributed by atoms with Crippen LogP contribution in [-0.4, -0.2) is 0 Å². The molecule has 5 rings (SSSR count). The van der Waals surface area contributed by atoms with Gasteiger partial charge in [0, 0.05) is 0 Å². The lowest BCUT2D eigenvalue weighted by Crippen LogP contribution is -1.80. The lowest BCUT2D eigenvalue weighted by Gasteiger charge is -2.07. The van der Waals surface area contributed by atoms with Crippen molar-refractivity contribution in [2.45, 2.75) is 0 Å². The van der Waals surface area contributed by atoms with Crippen LogP contribution in [0.2, 0.25) is 0 Å². The van der Waals surface area contributed by atoms with Crippen molar-refractivity contribution in [3.63, 3.8) is 0 Å². The molecule has 0 bridgehead atoms. The van der Waals surface area contributed by atoms with Crippen molar-refractivity contribution in [1.82, 2.24) is 0 Å². The molecule has 5 aromatic rings. The Morgan fingerprint density at radius 2 is 0.462 bits per heavy atom. The highest BCUT2D eigenvalue weighted by molar-refractivity contribution is 6.08. The summed E-state index contributed by atoms with van der Waals surface area (Å²) < 4.78 is 0. The zero-order valence-electron chi connectivity index (χ0n) is 13.7. The van der Waals surface area contributed by atoms with Crippen LogP contribution in [0.1, 0.15) is 0 Å². The second-order valence-electron chi connectivity index (χ2n) is 5.95. The normalized spacial score (nSPS) is 9.85. The molecule has 0 nitrogen and oxygen atoms in total. The highest BCUT2D eigenvalue weighted by Crippen LogP contribution is 2.29. The van der Waals surface area contributed by atoms with Crippen molar-refractivity contribution < 1.29 is 0 Å². The molecule has 5 aromatic carbocycles. The summed E-state index contributed by atoms with van der Waals surface area (Å²) in [5, 5.41) is 10.4. The predicted octanol–water partition coefficient (Wildman–Crippen LogP) is 7.99. The lowest BCUT2D eigenvalue weighted by molar-refractivity contribution is 1.78. The fourth-order valence-corrected chi connectivity index (χ4v) is 3.39. The summed E-state index contributed by atoms with van der Waals surface area (Å²) in [4.78, 5) is 0. The number of halogens is 4. The third-order valence-electron chi connectivity index (χ3n) is 4.52. The second-order valence-corrected chi connectivity index (χ2v) is 5.95. The second kappa shape index (κ2) is 8.79. The molecule has 0 radical (unpaired) electrons. The van der Waals surface area contributed by atoms with Gasteiger partial charge in [0.25, 0.3) is 0 Å². The van der Waals surface area contributed by atoms with Crippen molar-refractivity contribution in [3.05, 3.63) is 84.9 Å². The van der Waals surface area contributed by atoms with Gasteiger partial charge in [-0.1, -0.05) is 48.5 Å². The first-order chi connectivity index (χ1) is 10.9. The van der Waals surface area contributed by atoms with E-state index >= 15 is 0 Å². The van der Waals surface area contributed by atoms with Crippen LogP contribution in [0.25, 0.3) is 43.1 Å². The molecular formula is C22H18Cl4. The summed E-state index contributed by atoms with van der Waals surface area (Å²) in [6.07, 6.45) is 0. The Kier molecular flexibility index (Phi) is 7.56. The minimum Gasteiger partial charge on any atom is -0.147 e. The van der Waals surface area contributed by atoms with Crippen molar-refractivity contribution in [3.8, 4) is 0 Å². The first-order valence-corrected chi connectivity index (χ1v) is 7.62. The van der Waals surface area contributed by atoms with Gasteiger partial charge in [0.15, 0.2) is 0 Å². The zero-order chi connectivity index (χ0) is 14.5. The molecule has 0 heterocycles. The third kappa shape index (κ3) is 3.70. The summed E-state index contributed by atoms with van der Waals surface area (Å²) in [5.41, 5.74) is 0. The molecule has 0 N–H and O–H groups in total. The number of hydrogen-bond donors (Lipinski definition) is 0. The molecule has 0 aromatic heterocycles. The summed E-state index contributed by atoms with van der Waals surface area (Å²) in [6.45, 7) is 0. The molecule has 0 saturated carbocycles. The molecule has 0 spiro atoms. The summed E-state index contributed by atoms with van der Waals surface area (Å²) in [7, 11) is 0. The van der Waals surface area contributed by atoms with Gasteiger partial charge in [-0.2, -0.15) is 0 Å². The highest BCUT2D eigenvalue weighted by atomic mass is 35.5. The zero-order valence-corrected chi connectivity index (χ0v) is 17.0. The molecule has 0 fully saturated rings. The van der Waals surface area contributed by atoms with Gasteiger partial charge in [0.05, 0.1) is 0 Å². The van der Waals surface area contributed by atoms with Crippen LogP contribution >= 0.6 is 49.6 Å². The number of hydrogen-bond acceptors (Lipinski definition) is 0. The summed E-state index contributed by atoms with van der Waals surface area (Å²) in [6, 6.07) is 30.9. The molecule has 134 valence electrons. The standard InChI is InChI=1S/C22H14.4ClH/c1-2-6-16-10-20-14-22-12-18-8-4-3-7-17(18)11-21(22)13-19(20)9-15(16)5-1;;;;/h1-14H;4*1H. The molecule has 0 aliphatic rings. The van der Waals surface area contributed by atoms with Gasteiger partial charge in [0.2, 0.25) is 0 Å². The van der Waals surface area contributed by atoms with E-state index in [0.29, 0.717) is 0 Å². The summed E-state index contributed by atoms with van der Waals surface area (Å²) >= 11 is 0. The number of benzene rings is 5. The van der Waals surface area contributed by atoms with E-state index in [1.165, 1.54) is 43.1 Å². The van der Waals surface area contributed by atoms with Crippen LogP contribution in [0.5, 0.6) is 0 Å². The Morgan fingerprint density at radius 1 is 0.269 bits per heavy atom. The fourth-order valence-electron chi connectivity index (χ4n) is 3.39. The van der Waals surface area contributed by atoms with Gasteiger partial charge in [-0.25, -0.2) is 0 Å². The van der Waals surface area contributed by atoms with E-state index in [0.717, 1.165) is 0 Å². The topological polar surface area (TPSA) is 0 Å². The smallest absolute Gasteiger partial charge is 0.0171 e. The molecule has 0 aliphatic heterocycles. The molecule has 0 atom stereocenters. The quantitative estimate of drug-likeness (QED) is 0.221. The lowest BCUT2D eigenvalue weighted by atomic mass is 9.97.